The highest BCUT2D eigenvalue weighted by Crippen LogP contribution is 2.33. The van der Waals surface area contributed by atoms with Crippen molar-refractivity contribution in [3.8, 4) is 11.5 Å². The van der Waals surface area contributed by atoms with Gasteiger partial charge in [0.2, 0.25) is 0 Å². The quantitative estimate of drug-likeness (QED) is 0.782. The number of aromatic hydroxyl groups is 1. The predicted molar refractivity (Wildman–Crippen MR) is 79.3 cm³/mol. The van der Waals surface area contributed by atoms with Crippen LogP contribution in [0.25, 0.3) is 0 Å². The average molecular weight is 300 g/mol. The van der Waals surface area contributed by atoms with Gasteiger partial charge in [0.25, 0.3) is 0 Å². The van der Waals surface area contributed by atoms with Gasteiger partial charge in [-0.1, -0.05) is 24.4 Å². The normalized spacial score (nSPS) is 22.8. The molecule has 0 heterocycles. The van der Waals surface area contributed by atoms with Gasteiger partial charge < -0.3 is 20.3 Å². The Morgan fingerprint density at radius 3 is 2.80 bits per heavy atom. The van der Waals surface area contributed by atoms with E-state index in [1.165, 1.54) is 13.5 Å². The summed E-state index contributed by atoms with van der Waals surface area (Å²) in [5, 5.41) is 23.8. The minimum absolute atomic E-state index is 0.119. The van der Waals surface area contributed by atoms with Gasteiger partial charge in [0.1, 0.15) is 0 Å². The summed E-state index contributed by atoms with van der Waals surface area (Å²) in [6, 6.07) is 3.31. The van der Waals surface area contributed by atoms with E-state index in [9.17, 15) is 10.2 Å². The third-order valence-corrected chi connectivity index (χ3v) is 4.15. The summed E-state index contributed by atoms with van der Waals surface area (Å²) < 4.78 is 5.08. The molecule has 5 heteroatoms. The first-order chi connectivity index (χ1) is 9.61. The number of phenols is 1. The number of hydrogen-bond acceptors (Lipinski definition) is 4. The third-order valence-electron chi connectivity index (χ3n) is 3.93. The largest absolute Gasteiger partial charge is 0.504 e. The van der Waals surface area contributed by atoms with Gasteiger partial charge in [0.05, 0.1) is 13.2 Å². The van der Waals surface area contributed by atoms with Crippen LogP contribution in [0.4, 0.5) is 0 Å². The zero-order valence-electron chi connectivity index (χ0n) is 11.7. The lowest BCUT2D eigenvalue weighted by molar-refractivity contribution is 0.0695. The summed E-state index contributed by atoms with van der Waals surface area (Å²) in [5.41, 5.74) is 0.708. The molecular formula is C15H22ClNO3. The zero-order chi connectivity index (χ0) is 14.5. The second-order valence-corrected chi connectivity index (χ2v) is 5.80. The number of halogens is 1. The molecule has 4 nitrogen and oxygen atoms in total. The van der Waals surface area contributed by atoms with Gasteiger partial charge in [-0.25, -0.2) is 0 Å². The minimum atomic E-state index is -0.209. The van der Waals surface area contributed by atoms with Gasteiger partial charge in [0, 0.05) is 29.7 Å². The Hall–Kier alpha value is -0.970. The van der Waals surface area contributed by atoms with Crippen LogP contribution in [-0.4, -0.2) is 30.0 Å². The molecule has 3 N–H and O–H groups in total. The van der Waals surface area contributed by atoms with Gasteiger partial charge >= 0.3 is 0 Å². The Balaban J connectivity index is 1.92. The lowest BCUT2D eigenvalue weighted by atomic mass is 9.86. The molecule has 0 amide bonds. The van der Waals surface area contributed by atoms with Crippen LogP contribution >= 0.6 is 11.6 Å². The molecular weight excluding hydrogens is 278 g/mol. The Kier molecular flexibility index (Phi) is 5.52. The van der Waals surface area contributed by atoms with E-state index in [1.807, 2.05) is 0 Å². The van der Waals surface area contributed by atoms with E-state index in [0.29, 0.717) is 28.8 Å². The van der Waals surface area contributed by atoms with Crippen molar-refractivity contribution in [2.75, 3.05) is 13.7 Å². The van der Waals surface area contributed by atoms with E-state index in [-0.39, 0.29) is 11.9 Å². The molecule has 0 radical (unpaired) electrons. The number of aliphatic hydroxyl groups excluding tert-OH is 1. The highest BCUT2D eigenvalue weighted by Gasteiger charge is 2.22. The second kappa shape index (κ2) is 7.16. The van der Waals surface area contributed by atoms with Crippen LogP contribution in [0.5, 0.6) is 11.5 Å². The van der Waals surface area contributed by atoms with Gasteiger partial charge in [-0.2, -0.15) is 0 Å². The molecule has 1 saturated carbocycles. The number of hydrogen-bond donors (Lipinski definition) is 3. The van der Waals surface area contributed by atoms with E-state index in [4.69, 9.17) is 16.3 Å². The summed E-state index contributed by atoms with van der Waals surface area (Å²) in [6.45, 7) is 1.25. The highest BCUT2D eigenvalue weighted by molar-refractivity contribution is 6.30. The fourth-order valence-electron chi connectivity index (χ4n) is 2.74. The van der Waals surface area contributed by atoms with E-state index < -0.39 is 0 Å². The minimum Gasteiger partial charge on any atom is -0.504 e. The summed E-state index contributed by atoms with van der Waals surface area (Å²) in [6.07, 6.45) is 4.03. The van der Waals surface area contributed by atoms with Crippen molar-refractivity contribution in [1.29, 1.82) is 0 Å². The van der Waals surface area contributed by atoms with Crippen LogP contribution < -0.4 is 10.1 Å². The Bertz CT molecular complexity index is 453. The summed E-state index contributed by atoms with van der Waals surface area (Å²) >= 11 is 5.99. The fourth-order valence-corrected chi connectivity index (χ4v) is 2.97. The molecule has 20 heavy (non-hydrogen) atoms. The number of ether oxygens (including phenoxy) is 1. The van der Waals surface area contributed by atoms with Crippen LogP contribution in [0, 0.1) is 5.92 Å². The predicted octanol–water partition coefficient (Wildman–Crippen LogP) is 2.69. The first kappa shape index (κ1) is 15.4. The second-order valence-electron chi connectivity index (χ2n) is 5.36. The lowest BCUT2D eigenvalue weighted by Crippen LogP contribution is -2.33. The van der Waals surface area contributed by atoms with Crippen molar-refractivity contribution in [2.45, 2.75) is 38.3 Å². The Morgan fingerprint density at radius 2 is 2.10 bits per heavy atom. The standard InChI is InChI=1S/C15H22ClNO3/c1-20-14-7-12(16)6-11(15(14)19)9-17-8-10-4-2-3-5-13(10)18/h6-7,10,13,17-19H,2-5,8-9H2,1H3. The molecule has 0 bridgehead atoms. The maximum absolute atomic E-state index is 10.0. The molecule has 2 unspecified atom stereocenters. The smallest absolute Gasteiger partial charge is 0.162 e. The Morgan fingerprint density at radius 1 is 1.35 bits per heavy atom. The number of aliphatic hydroxyl groups is 1. The van der Waals surface area contributed by atoms with E-state index in [0.717, 1.165) is 25.8 Å². The SMILES string of the molecule is COc1cc(Cl)cc(CNCC2CCCCC2O)c1O. The highest BCUT2D eigenvalue weighted by atomic mass is 35.5. The van der Waals surface area contributed by atoms with Crippen molar-refractivity contribution < 1.29 is 14.9 Å². The molecule has 0 spiro atoms. The van der Waals surface area contributed by atoms with Crippen LogP contribution in [0.2, 0.25) is 5.02 Å². The van der Waals surface area contributed by atoms with Crippen molar-refractivity contribution in [3.63, 3.8) is 0 Å². The maximum Gasteiger partial charge on any atom is 0.162 e. The topological polar surface area (TPSA) is 61.7 Å². The molecule has 0 aromatic heterocycles. The molecule has 1 fully saturated rings. The summed E-state index contributed by atoms with van der Waals surface area (Å²) in [4.78, 5) is 0. The van der Waals surface area contributed by atoms with Gasteiger partial charge in [0.15, 0.2) is 11.5 Å². The first-order valence-electron chi connectivity index (χ1n) is 7.06. The molecule has 1 aliphatic carbocycles. The molecule has 1 aliphatic rings. The van der Waals surface area contributed by atoms with Crippen molar-refractivity contribution >= 4 is 11.6 Å². The van der Waals surface area contributed by atoms with Crippen LogP contribution in [0.15, 0.2) is 12.1 Å². The van der Waals surface area contributed by atoms with Gasteiger partial charge in [-0.3, -0.25) is 0 Å². The van der Waals surface area contributed by atoms with Crippen LogP contribution in [0.1, 0.15) is 31.2 Å². The fraction of sp³-hybridized carbons (Fsp3) is 0.600. The molecule has 1 aromatic rings. The number of phenolic OH excluding ortho intramolecular Hbond substituents is 1. The van der Waals surface area contributed by atoms with Crippen molar-refractivity contribution in [2.24, 2.45) is 5.92 Å². The molecule has 0 aliphatic heterocycles. The first-order valence-corrected chi connectivity index (χ1v) is 7.43. The number of rotatable bonds is 5. The van der Waals surface area contributed by atoms with Gasteiger partial charge in [-0.05, 0) is 24.8 Å². The van der Waals surface area contributed by atoms with Crippen LogP contribution in [-0.2, 0) is 6.54 Å². The number of methoxy groups -OCH3 is 1. The van der Waals surface area contributed by atoms with Crippen LogP contribution in [0.3, 0.4) is 0 Å². The third kappa shape index (κ3) is 3.78. The summed E-state index contributed by atoms with van der Waals surface area (Å²) in [7, 11) is 1.50. The number of benzene rings is 1. The van der Waals surface area contributed by atoms with Crippen molar-refractivity contribution in [1.82, 2.24) is 5.32 Å². The summed E-state index contributed by atoms with van der Waals surface area (Å²) in [5.74, 6) is 0.799. The van der Waals surface area contributed by atoms with E-state index in [2.05, 4.69) is 5.32 Å². The monoisotopic (exact) mass is 299 g/mol. The lowest BCUT2D eigenvalue weighted by Gasteiger charge is -2.27. The van der Waals surface area contributed by atoms with E-state index in [1.54, 1.807) is 12.1 Å². The molecule has 2 rings (SSSR count). The van der Waals surface area contributed by atoms with Crippen molar-refractivity contribution in [3.05, 3.63) is 22.7 Å². The number of nitrogens with one attached hydrogen (secondary N) is 1. The molecule has 1 aromatic carbocycles. The Labute approximate surface area is 124 Å². The maximum atomic E-state index is 10.0. The average Bonchev–Trinajstić information content (AvgIpc) is 2.44. The molecule has 0 saturated heterocycles. The van der Waals surface area contributed by atoms with E-state index >= 15 is 0 Å². The molecule has 2 atom stereocenters. The molecule has 112 valence electrons. The zero-order valence-corrected chi connectivity index (χ0v) is 12.5. The van der Waals surface area contributed by atoms with Gasteiger partial charge in [-0.15, -0.1) is 0 Å².